The maximum absolute atomic E-state index is 4.34. The van der Waals surface area contributed by atoms with Crippen molar-refractivity contribution in [2.24, 2.45) is 7.05 Å². The molecular weight excluding hydrogens is 200 g/mol. The second-order valence-corrected chi connectivity index (χ2v) is 4.00. The molecule has 0 bridgehead atoms. The van der Waals surface area contributed by atoms with E-state index in [2.05, 4.69) is 33.4 Å². The van der Waals surface area contributed by atoms with Gasteiger partial charge in [0, 0.05) is 18.3 Å². The molecule has 0 fully saturated rings. The topological polar surface area (TPSA) is 46.5 Å². The second kappa shape index (κ2) is 3.20. The quantitative estimate of drug-likeness (QED) is 0.672. The predicted octanol–water partition coefficient (Wildman–Crippen LogP) is 2.27. The van der Waals surface area contributed by atoms with E-state index < -0.39 is 0 Å². The summed E-state index contributed by atoms with van der Waals surface area (Å²) in [6.07, 6.45) is 1.82. The van der Waals surface area contributed by atoms with Gasteiger partial charge < -0.3 is 4.57 Å². The standard InChI is InChI=1S/C12H12N4/c1-8-5-10(15-14-8)9-3-4-12-11(6-9)13-7-16(12)2/h3-7H,1-2H3,(H,14,15). The van der Waals surface area contributed by atoms with Crippen LogP contribution in [0.4, 0.5) is 0 Å². The first kappa shape index (κ1) is 9.15. The average Bonchev–Trinajstić information content (AvgIpc) is 2.86. The Balaban J connectivity index is 2.18. The number of H-pyrrole nitrogens is 1. The molecule has 2 heterocycles. The minimum Gasteiger partial charge on any atom is -0.334 e. The van der Waals surface area contributed by atoms with Crippen molar-refractivity contribution in [3.63, 3.8) is 0 Å². The number of fused-ring (bicyclic) bond motifs is 1. The fraction of sp³-hybridized carbons (Fsp3) is 0.167. The number of aryl methyl sites for hydroxylation is 2. The molecule has 80 valence electrons. The van der Waals surface area contributed by atoms with Crippen molar-refractivity contribution in [3.05, 3.63) is 36.3 Å². The number of nitrogens with zero attached hydrogens (tertiary/aromatic N) is 3. The number of aromatic amines is 1. The molecule has 1 aromatic carbocycles. The van der Waals surface area contributed by atoms with Crippen LogP contribution >= 0.6 is 0 Å². The van der Waals surface area contributed by atoms with Crippen LogP contribution in [0, 0.1) is 6.92 Å². The molecule has 4 heteroatoms. The molecule has 1 N–H and O–H groups in total. The lowest BCUT2D eigenvalue weighted by atomic mass is 10.1. The third-order valence-corrected chi connectivity index (χ3v) is 2.73. The summed E-state index contributed by atoms with van der Waals surface area (Å²) in [5.74, 6) is 0. The molecule has 0 radical (unpaired) electrons. The maximum atomic E-state index is 4.34. The lowest BCUT2D eigenvalue weighted by molar-refractivity contribution is 0.948. The Hall–Kier alpha value is -2.10. The summed E-state index contributed by atoms with van der Waals surface area (Å²) in [5, 5.41) is 7.18. The fourth-order valence-corrected chi connectivity index (χ4v) is 1.86. The molecule has 16 heavy (non-hydrogen) atoms. The van der Waals surface area contributed by atoms with Gasteiger partial charge in [0.25, 0.3) is 0 Å². The minimum absolute atomic E-state index is 0.963. The van der Waals surface area contributed by atoms with Gasteiger partial charge >= 0.3 is 0 Å². The van der Waals surface area contributed by atoms with Gasteiger partial charge in [-0.1, -0.05) is 6.07 Å². The number of hydrogen-bond acceptors (Lipinski definition) is 2. The molecule has 3 rings (SSSR count). The number of rotatable bonds is 1. The number of aromatic nitrogens is 4. The fourth-order valence-electron chi connectivity index (χ4n) is 1.86. The first-order valence-corrected chi connectivity index (χ1v) is 5.17. The predicted molar refractivity (Wildman–Crippen MR) is 63.0 cm³/mol. The smallest absolute Gasteiger partial charge is 0.0955 e. The van der Waals surface area contributed by atoms with Crippen molar-refractivity contribution in [3.8, 4) is 11.3 Å². The zero-order chi connectivity index (χ0) is 11.1. The highest BCUT2D eigenvalue weighted by atomic mass is 15.1. The van der Waals surface area contributed by atoms with Crippen LogP contribution in [-0.4, -0.2) is 19.7 Å². The third kappa shape index (κ3) is 1.31. The van der Waals surface area contributed by atoms with Crippen LogP contribution in [0.2, 0.25) is 0 Å². The molecule has 0 saturated heterocycles. The SMILES string of the molecule is Cc1cc(-c2ccc3c(c2)ncn3C)n[nH]1. The van der Waals surface area contributed by atoms with Gasteiger partial charge in [0.15, 0.2) is 0 Å². The van der Waals surface area contributed by atoms with Crippen LogP contribution in [0.1, 0.15) is 5.69 Å². The third-order valence-electron chi connectivity index (χ3n) is 2.73. The molecule has 0 aliphatic rings. The summed E-state index contributed by atoms with van der Waals surface area (Å²) in [5.41, 5.74) is 5.26. The van der Waals surface area contributed by atoms with Gasteiger partial charge in [-0.15, -0.1) is 0 Å². The highest BCUT2D eigenvalue weighted by Crippen LogP contribution is 2.22. The summed E-state index contributed by atoms with van der Waals surface area (Å²) in [6, 6.07) is 8.23. The van der Waals surface area contributed by atoms with E-state index in [1.165, 1.54) is 0 Å². The van der Waals surface area contributed by atoms with Crippen LogP contribution < -0.4 is 0 Å². The van der Waals surface area contributed by atoms with E-state index in [0.717, 1.165) is 28.0 Å². The molecule has 0 atom stereocenters. The first-order chi connectivity index (χ1) is 7.74. The summed E-state index contributed by atoms with van der Waals surface area (Å²) < 4.78 is 2.01. The van der Waals surface area contributed by atoms with Gasteiger partial charge in [-0.05, 0) is 25.1 Å². The number of hydrogen-bond donors (Lipinski definition) is 1. The number of benzene rings is 1. The van der Waals surface area contributed by atoms with E-state index in [1.807, 2.05) is 30.9 Å². The van der Waals surface area contributed by atoms with Gasteiger partial charge in [0.2, 0.25) is 0 Å². The first-order valence-electron chi connectivity index (χ1n) is 5.17. The van der Waals surface area contributed by atoms with Crippen molar-refractivity contribution in [2.75, 3.05) is 0 Å². The van der Waals surface area contributed by atoms with E-state index in [4.69, 9.17) is 0 Å². The van der Waals surface area contributed by atoms with Crippen LogP contribution in [0.3, 0.4) is 0 Å². The molecule has 2 aromatic heterocycles. The molecule has 0 aliphatic heterocycles. The zero-order valence-corrected chi connectivity index (χ0v) is 9.23. The van der Waals surface area contributed by atoms with Gasteiger partial charge in [0.1, 0.15) is 0 Å². The second-order valence-electron chi connectivity index (χ2n) is 4.00. The van der Waals surface area contributed by atoms with Crippen LogP contribution in [0.5, 0.6) is 0 Å². The van der Waals surface area contributed by atoms with Crippen molar-refractivity contribution < 1.29 is 0 Å². The zero-order valence-electron chi connectivity index (χ0n) is 9.23. The molecule has 4 nitrogen and oxygen atoms in total. The Morgan fingerprint density at radius 3 is 2.88 bits per heavy atom. The average molecular weight is 212 g/mol. The summed E-state index contributed by atoms with van der Waals surface area (Å²) >= 11 is 0. The molecule has 0 unspecified atom stereocenters. The summed E-state index contributed by atoms with van der Waals surface area (Å²) in [6.45, 7) is 2.00. The Morgan fingerprint density at radius 1 is 1.25 bits per heavy atom. The molecule has 0 saturated carbocycles. The highest BCUT2D eigenvalue weighted by Gasteiger charge is 2.05. The molecular formula is C12H12N4. The minimum atomic E-state index is 0.963. The molecule has 3 aromatic rings. The normalized spacial score (nSPS) is 11.1. The van der Waals surface area contributed by atoms with E-state index >= 15 is 0 Å². The van der Waals surface area contributed by atoms with E-state index in [1.54, 1.807) is 0 Å². The van der Waals surface area contributed by atoms with Crippen molar-refractivity contribution in [1.82, 2.24) is 19.7 Å². The molecule has 0 amide bonds. The van der Waals surface area contributed by atoms with E-state index in [9.17, 15) is 0 Å². The highest BCUT2D eigenvalue weighted by molar-refractivity contribution is 5.81. The van der Waals surface area contributed by atoms with Gasteiger partial charge in [0.05, 0.1) is 23.1 Å². The van der Waals surface area contributed by atoms with Crippen LogP contribution in [-0.2, 0) is 7.05 Å². The van der Waals surface area contributed by atoms with Gasteiger partial charge in [-0.3, -0.25) is 5.10 Å². The maximum Gasteiger partial charge on any atom is 0.0955 e. The summed E-state index contributed by atoms with van der Waals surface area (Å²) in [7, 11) is 1.99. The van der Waals surface area contributed by atoms with Gasteiger partial charge in [-0.25, -0.2) is 4.98 Å². The lowest BCUT2D eigenvalue weighted by Crippen LogP contribution is -1.84. The Morgan fingerprint density at radius 2 is 2.12 bits per heavy atom. The Bertz CT molecular complexity index is 648. The van der Waals surface area contributed by atoms with Crippen LogP contribution in [0.15, 0.2) is 30.6 Å². The summed E-state index contributed by atoms with van der Waals surface area (Å²) in [4.78, 5) is 4.34. The van der Waals surface area contributed by atoms with Crippen LogP contribution in [0.25, 0.3) is 22.3 Å². The van der Waals surface area contributed by atoms with Crippen molar-refractivity contribution in [2.45, 2.75) is 6.92 Å². The van der Waals surface area contributed by atoms with Crippen molar-refractivity contribution in [1.29, 1.82) is 0 Å². The monoisotopic (exact) mass is 212 g/mol. The van der Waals surface area contributed by atoms with E-state index in [-0.39, 0.29) is 0 Å². The molecule has 0 aliphatic carbocycles. The Kier molecular flexibility index (Phi) is 1.83. The lowest BCUT2D eigenvalue weighted by Gasteiger charge is -1.97. The van der Waals surface area contributed by atoms with Crippen molar-refractivity contribution >= 4 is 11.0 Å². The van der Waals surface area contributed by atoms with E-state index in [0.29, 0.717) is 0 Å². The number of nitrogens with one attached hydrogen (secondary N) is 1. The number of imidazole rings is 1. The van der Waals surface area contributed by atoms with Gasteiger partial charge in [-0.2, -0.15) is 5.10 Å². The molecule has 0 spiro atoms. The Labute approximate surface area is 92.9 Å². The largest absolute Gasteiger partial charge is 0.334 e.